The zero-order valence-electron chi connectivity index (χ0n) is 23.9. The van der Waals surface area contributed by atoms with Crippen molar-refractivity contribution in [3.63, 3.8) is 0 Å². The Hall–Kier alpha value is -4.86. The fourth-order valence-corrected chi connectivity index (χ4v) is 6.81. The molecule has 0 radical (unpaired) electrons. The van der Waals surface area contributed by atoms with Gasteiger partial charge in [-0.3, -0.25) is 19.1 Å². The van der Waals surface area contributed by atoms with Gasteiger partial charge in [-0.1, -0.05) is 61.4 Å². The van der Waals surface area contributed by atoms with Gasteiger partial charge >= 0.3 is 17.9 Å². The Morgan fingerprint density at radius 2 is 1.36 bits per heavy atom. The van der Waals surface area contributed by atoms with E-state index < -0.39 is 53.2 Å². The van der Waals surface area contributed by atoms with Gasteiger partial charge in [0.2, 0.25) is 0 Å². The highest BCUT2D eigenvalue weighted by Crippen LogP contribution is 2.40. The van der Waals surface area contributed by atoms with Gasteiger partial charge in [0.15, 0.2) is 17.2 Å². The maximum Gasteiger partial charge on any atom is 0.357 e. The van der Waals surface area contributed by atoms with Gasteiger partial charge in [0, 0.05) is 5.56 Å². The van der Waals surface area contributed by atoms with E-state index >= 15 is 0 Å². The zero-order valence-corrected chi connectivity index (χ0v) is 23.9. The molecule has 2 aliphatic heterocycles. The van der Waals surface area contributed by atoms with Gasteiger partial charge in [-0.05, 0) is 50.7 Å². The van der Waals surface area contributed by atoms with E-state index in [2.05, 4.69) is 0 Å². The summed E-state index contributed by atoms with van der Waals surface area (Å²) in [6.45, 7) is 0. The van der Waals surface area contributed by atoms with Crippen molar-refractivity contribution in [1.29, 1.82) is 0 Å². The molecule has 2 aromatic carbocycles. The van der Waals surface area contributed by atoms with E-state index in [9.17, 15) is 24.0 Å². The van der Waals surface area contributed by atoms with Crippen LogP contribution < -0.4 is 10.3 Å². The van der Waals surface area contributed by atoms with E-state index in [1.165, 1.54) is 16.7 Å². The number of nitrogens with zero attached hydrogens (tertiary/aromatic N) is 2. The predicted molar refractivity (Wildman–Crippen MR) is 157 cm³/mol. The summed E-state index contributed by atoms with van der Waals surface area (Å²) in [5, 5.41) is 0. The predicted octanol–water partition coefficient (Wildman–Crippen LogP) is 4.61. The van der Waals surface area contributed by atoms with Gasteiger partial charge in [-0.2, -0.15) is 0 Å². The molecule has 4 atom stereocenters. The van der Waals surface area contributed by atoms with Crippen LogP contribution in [0.1, 0.15) is 99.7 Å². The number of benzene rings is 2. The number of aliphatic imine (C=N–C) groups is 1. The van der Waals surface area contributed by atoms with Crippen LogP contribution >= 0.6 is 0 Å². The van der Waals surface area contributed by atoms with E-state index in [4.69, 9.17) is 19.2 Å². The average molecular weight is 595 g/mol. The Morgan fingerprint density at radius 3 is 2.09 bits per heavy atom. The third-order valence-electron chi connectivity index (χ3n) is 8.93. The molecule has 10 heteroatoms. The van der Waals surface area contributed by atoms with Crippen molar-refractivity contribution in [1.82, 2.24) is 4.57 Å². The van der Waals surface area contributed by atoms with Crippen LogP contribution in [0.3, 0.4) is 0 Å². The van der Waals surface area contributed by atoms with Gasteiger partial charge in [-0.25, -0.2) is 14.4 Å². The maximum absolute atomic E-state index is 14.6. The van der Waals surface area contributed by atoms with E-state index in [0.717, 1.165) is 25.7 Å². The molecular formula is C34H30N2O8. The number of esters is 3. The monoisotopic (exact) mass is 594 g/mol. The van der Waals surface area contributed by atoms with Crippen LogP contribution in [0.4, 0.5) is 0 Å². The molecule has 0 saturated heterocycles. The number of hydrogen-bond acceptors (Lipinski definition) is 9. The Bertz CT molecular complexity index is 1760. The van der Waals surface area contributed by atoms with E-state index in [0.29, 0.717) is 25.7 Å². The maximum atomic E-state index is 14.6. The first-order valence-corrected chi connectivity index (χ1v) is 15.1. The lowest BCUT2D eigenvalue weighted by Crippen LogP contribution is -2.49. The fourth-order valence-electron chi connectivity index (χ4n) is 6.81. The van der Waals surface area contributed by atoms with Crippen molar-refractivity contribution in [2.45, 2.75) is 75.7 Å². The van der Waals surface area contributed by atoms with Crippen molar-refractivity contribution in [3.05, 3.63) is 99.0 Å². The number of ether oxygens (including phenoxy) is 3. The number of hydrogen-bond donors (Lipinski definition) is 0. The van der Waals surface area contributed by atoms with Crippen LogP contribution in [0.15, 0.2) is 70.5 Å². The van der Waals surface area contributed by atoms with Gasteiger partial charge in [0.25, 0.3) is 5.56 Å². The second-order valence-electron chi connectivity index (χ2n) is 11.6. The second-order valence-corrected chi connectivity index (χ2v) is 11.6. The topological polar surface area (TPSA) is 130 Å². The lowest BCUT2D eigenvalue weighted by molar-refractivity contribution is -0.144. The highest BCUT2D eigenvalue weighted by atomic mass is 16.6. The van der Waals surface area contributed by atoms with Crippen molar-refractivity contribution in [3.8, 4) is 5.75 Å². The van der Waals surface area contributed by atoms with Crippen LogP contribution in [-0.4, -0.2) is 52.2 Å². The number of aromatic nitrogens is 1. The molecule has 0 bridgehead atoms. The molecule has 10 nitrogen and oxygen atoms in total. The highest BCUT2D eigenvalue weighted by Gasteiger charge is 2.46. The number of fused-ring (bicyclic) bond motifs is 4. The second kappa shape index (κ2) is 11.3. The molecule has 7 rings (SSSR count). The smallest absolute Gasteiger partial charge is 0.357 e. The van der Waals surface area contributed by atoms with Gasteiger partial charge in [0.05, 0.1) is 23.2 Å². The summed E-state index contributed by atoms with van der Waals surface area (Å²) >= 11 is 0. The first-order chi connectivity index (χ1) is 21.4. The van der Waals surface area contributed by atoms with Crippen LogP contribution in [0.5, 0.6) is 5.75 Å². The lowest BCUT2D eigenvalue weighted by Gasteiger charge is -2.39. The Kier molecular flexibility index (Phi) is 7.20. The van der Waals surface area contributed by atoms with Crippen LogP contribution in [0.2, 0.25) is 0 Å². The van der Waals surface area contributed by atoms with Crippen molar-refractivity contribution in [2.24, 2.45) is 4.99 Å². The quantitative estimate of drug-likeness (QED) is 0.309. The molecule has 0 N–H and O–H groups in total. The number of pyridine rings is 1. The summed E-state index contributed by atoms with van der Waals surface area (Å²) < 4.78 is 18.8. The summed E-state index contributed by atoms with van der Waals surface area (Å²) in [5.41, 5.74) is -1.71. The number of carbonyl (C=O) groups excluding carboxylic acids is 4. The summed E-state index contributed by atoms with van der Waals surface area (Å²) in [6, 6.07) is 15.3. The summed E-state index contributed by atoms with van der Waals surface area (Å²) in [5.74, 6) is -3.75. The molecule has 44 heavy (non-hydrogen) atoms. The van der Waals surface area contributed by atoms with Gasteiger partial charge in [0.1, 0.15) is 23.5 Å². The average Bonchev–Trinajstić information content (AvgIpc) is 3.05. The highest BCUT2D eigenvalue weighted by molar-refractivity contribution is 6.44. The standard InChI is InChI=1S/C34H30N2O8/c37-29(19-11-3-1-4-12-19)26-28-34(41)43-24-18-10-8-16-22(24)36(28)31(38)25(30(26)44-32(39)20-13-5-2-6-14-20)27-33(40)42-23-17-9-7-15-21(23)35-27/h1-6,11-14,21-24H,7-10,15-18H2. The lowest BCUT2D eigenvalue weighted by atomic mass is 9.87. The summed E-state index contributed by atoms with van der Waals surface area (Å²) in [7, 11) is 0. The van der Waals surface area contributed by atoms with Crippen molar-refractivity contribution >= 4 is 29.4 Å². The molecule has 0 amide bonds. The minimum atomic E-state index is -0.877. The summed E-state index contributed by atoms with van der Waals surface area (Å²) in [4.78, 5) is 74.5. The fraction of sp³-hybridized carbons (Fsp3) is 0.353. The molecule has 224 valence electrons. The molecule has 2 aliphatic carbocycles. The first-order valence-electron chi connectivity index (χ1n) is 15.1. The molecule has 1 aromatic heterocycles. The van der Waals surface area contributed by atoms with Crippen molar-refractivity contribution in [2.75, 3.05) is 0 Å². The van der Waals surface area contributed by atoms with Gasteiger partial charge < -0.3 is 14.2 Å². The van der Waals surface area contributed by atoms with E-state index in [1.807, 2.05) is 0 Å². The number of ketones is 1. The summed E-state index contributed by atoms with van der Waals surface area (Å²) in [6.07, 6.45) is 4.75. The third-order valence-corrected chi connectivity index (χ3v) is 8.93. The van der Waals surface area contributed by atoms with Gasteiger partial charge in [-0.15, -0.1) is 0 Å². The van der Waals surface area contributed by atoms with Crippen molar-refractivity contribution < 1.29 is 33.4 Å². The number of carbonyl (C=O) groups is 4. The minimum Gasteiger partial charge on any atom is -0.455 e. The van der Waals surface area contributed by atoms with Crippen LogP contribution in [-0.2, 0) is 14.3 Å². The Balaban J connectivity index is 1.54. The van der Waals surface area contributed by atoms with Crippen LogP contribution in [0, 0.1) is 0 Å². The largest absolute Gasteiger partial charge is 0.455 e. The Labute approximate surface area is 252 Å². The SMILES string of the molecule is O=C1OC2CCCCC2N=C1c1c(OC(=O)c2ccccc2)c(C(=O)c2ccccc2)c2n(c1=O)C1CCCCC1OC2=O. The molecule has 3 aromatic rings. The third kappa shape index (κ3) is 4.74. The molecule has 3 heterocycles. The number of rotatable bonds is 5. The zero-order chi connectivity index (χ0) is 30.4. The first kappa shape index (κ1) is 27.9. The van der Waals surface area contributed by atoms with E-state index in [-0.39, 0.29) is 39.7 Å². The van der Waals surface area contributed by atoms with E-state index in [1.54, 1.807) is 48.5 Å². The minimum absolute atomic E-state index is 0.143. The molecule has 2 saturated carbocycles. The normalized spacial score (nSPS) is 24.0. The molecular weight excluding hydrogens is 564 g/mol. The molecule has 4 unspecified atom stereocenters. The molecule has 2 fully saturated rings. The van der Waals surface area contributed by atoms with Crippen LogP contribution in [0.25, 0.3) is 0 Å². The molecule has 0 spiro atoms. The molecule has 4 aliphatic rings. The Morgan fingerprint density at radius 1 is 0.750 bits per heavy atom.